The number of halogens is 1. The van der Waals surface area contributed by atoms with Gasteiger partial charge >= 0.3 is 0 Å². The second-order valence-electron chi connectivity index (χ2n) is 6.75. The van der Waals surface area contributed by atoms with Crippen LogP contribution in [0.1, 0.15) is 58.3 Å². The molecule has 1 aliphatic heterocycles. The number of nitrogens with two attached hydrogens (primary N) is 1. The van der Waals surface area contributed by atoms with E-state index in [9.17, 15) is 9.59 Å². The number of amides is 1. The third-order valence-corrected chi connectivity index (χ3v) is 4.99. The molecular formula is C16H24ClN3O2. The van der Waals surface area contributed by atoms with Crippen molar-refractivity contribution in [1.82, 2.24) is 9.88 Å². The predicted molar refractivity (Wildman–Crippen MR) is 87.7 cm³/mol. The fraction of sp³-hybridized carbons (Fsp3) is 0.625. The molecule has 1 amide bonds. The number of aryl methyl sites for hydroxylation is 1. The predicted octanol–water partition coefficient (Wildman–Crippen LogP) is 2.07. The van der Waals surface area contributed by atoms with Crippen LogP contribution in [0.3, 0.4) is 0 Å². The largest absolute Gasteiger partial charge is 0.354 e. The van der Waals surface area contributed by atoms with Gasteiger partial charge < -0.3 is 15.6 Å². The van der Waals surface area contributed by atoms with Gasteiger partial charge in [0.25, 0.3) is 5.91 Å². The first-order valence-electron chi connectivity index (χ1n) is 7.69. The number of nitrogens with one attached hydrogen (secondary N) is 1. The fourth-order valence-electron chi connectivity index (χ4n) is 3.51. The maximum absolute atomic E-state index is 12.7. The van der Waals surface area contributed by atoms with E-state index in [0.29, 0.717) is 25.2 Å². The maximum atomic E-state index is 12.7. The van der Waals surface area contributed by atoms with Crippen LogP contribution < -0.4 is 5.73 Å². The van der Waals surface area contributed by atoms with Crippen molar-refractivity contribution >= 4 is 24.1 Å². The van der Waals surface area contributed by atoms with Gasteiger partial charge in [-0.2, -0.15) is 0 Å². The second kappa shape index (κ2) is 6.05. The van der Waals surface area contributed by atoms with E-state index in [0.717, 1.165) is 42.6 Å². The molecule has 1 aromatic rings. The molecule has 3 rings (SSSR count). The van der Waals surface area contributed by atoms with Gasteiger partial charge in [-0.05, 0) is 43.7 Å². The van der Waals surface area contributed by atoms with Crippen molar-refractivity contribution < 1.29 is 9.59 Å². The van der Waals surface area contributed by atoms with Crippen LogP contribution in [0.2, 0.25) is 0 Å². The van der Waals surface area contributed by atoms with E-state index in [2.05, 4.69) is 11.9 Å². The summed E-state index contributed by atoms with van der Waals surface area (Å²) in [6.45, 7) is 6.03. The van der Waals surface area contributed by atoms with Crippen molar-refractivity contribution in [1.29, 1.82) is 0 Å². The van der Waals surface area contributed by atoms with Gasteiger partial charge in [0.05, 0.1) is 0 Å². The number of hydrogen-bond acceptors (Lipinski definition) is 3. The lowest BCUT2D eigenvalue weighted by Gasteiger charge is -2.22. The van der Waals surface area contributed by atoms with Crippen LogP contribution in [-0.4, -0.2) is 41.2 Å². The molecule has 2 aliphatic rings. The minimum atomic E-state index is 0. The van der Waals surface area contributed by atoms with Gasteiger partial charge in [-0.1, -0.05) is 6.92 Å². The molecule has 122 valence electrons. The lowest BCUT2D eigenvalue weighted by Crippen LogP contribution is -2.34. The summed E-state index contributed by atoms with van der Waals surface area (Å²) >= 11 is 0. The minimum absolute atomic E-state index is 0. The monoisotopic (exact) mass is 325 g/mol. The van der Waals surface area contributed by atoms with Crippen LogP contribution in [0, 0.1) is 12.3 Å². The zero-order chi connectivity index (χ0) is 15.2. The number of nitrogens with zero attached hydrogens (tertiary/aromatic N) is 1. The zero-order valence-electron chi connectivity index (χ0n) is 13.2. The molecular weight excluding hydrogens is 302 g/mol. The van der Waals surface area contributed by atoms with Gasteiger partial charge in [-0.15, -0.1) is 12.4 Å². The number of hydrogen-bond donors (Lipinski definition) is 2. The number of Topliss-reactive ketones (excluding diaryl/α,β-unsaturated/α-hetero) is 1. The number of rotatable bonds is 2. The SMILES string of the molecule is Cc1c(C(=O)N2CCC(C)(CN)C2)[nH]c2c1C(=O)CCC2.Cl. The summed E-state index contributed by atoms with van der Waals surface area (Å²) < 4.78 is 0. The molecule has 1 unspecified atom stereocenters. The topological polar surface area (TPSA) is 79.2 Å². The quantitative estimate of drug-likeness (QED) is 0.873. The highest BCUT2D eigenvalue weighted by Gasteiger charge is 2.37. The van der Waals surface area contributed by atoms with Crippen LogP contribution in [-0.2, 0) is 6.42 Å². The third kappa shape index (κ3) is 2.68. The first-order chi connectivity index (χ1) is 9.95. The zero-order valence-corrected chi connectivity index (χ0v) is 14.0. The van der Waals surface area contributed by atoms with Gasteiger partial charge in [0.15, 0.2) is 5.78 Å². The number of carbonyl (C=O) groups is 2. The standard InChI is InChI=1S/C16H23N3O2.ClH/c1-10-13-11(4-3-5-12(13)20)18-14(10)15(21)19-7-6-16(2,8-17)9-19;/h18H,3-9,17H2,1-2H3;1H. The van der Waals surface area contributed by atoms with Crippen molar-refractivity contribution in [3.63, 3.8) is 0 Å². The highest BCUT2D eigenvalue weighted by Crippen LogP contribution is 2.32. The minimum Gasteiger partial charge on any atom is -0.354 e. The summed E-state index contributed by atoms with van der Waals surface area (Å²) in [6, 6.07) is 0. The summed E-state index contributed by atoms with van der Waals surface area (Å²) in [5, 5.41) is 0. The van der Waals surface area contributed by atoms with Crippen molar-refractivity contribution in [2.75, 3.05) is 19.6 Å². The van der Waals surface area contributed by atoms with Crippen LogP contribution in [0.15, 0.2) is 0 Å². The molecule has 5 nitrogen and oxygen atoms in total. The summed E-state index contributed by atoms with van der Waals surface area (Å²) in [5.74, 6) is 0.171. The van der Waals surface area contributed by atoms with E-state index < -0.39 is 0 Å². The second-order valence-corrected chi connectivity index (χ2v) is 6.75. The first kappa shape index (κ1) is 17.0. The number of fused-ring (bicyclic) bond motifs is 1. The fourth-order valence-corrected chi connectivity index (χ4v) is 3.51. The lowest BCUT2D eigenvalue weighted by molar-refractivity contribution is 0.0771. The van der Waals surface area contributed by atoms with Gasteiger partial charge in [-0.3, -0.25) is 9.59 Å². The van der Waals surface area contributed by atoms with Crippen molar-refractivity contribution in [2.45, 2.75) is 39.5 Å². The molecule has 0 spiro atoms. The maximum Gasteiger partial charge on any atom is 0.270 e. The molecule has 2 heterocycles. The van der Waals surface area contributed by atoms with E-state index in [-0.39, 0.29) is 29.5 Å². The Morgan fingerprint density at radius 2 is 2.14 bits per heavy atom. The molecule has 1 aliphatic carbocycles. The van der Waals surface area contributed by atoms with Crippen LogP contribution in [0.25, 0.3) is 0 Å². The van der Waals surface area contributed by atoms with Crippen LogP contribution in [0.4, 0.5) is 0 Å². The average Bonchev–Trinajstić information content (AvgIpc) is 3.01. The van der Waals surface area contributed by atoms with E-state index >= 15 is 0 Å². The van der Waals surface area contributed by atoms with E-state index in [1.54, 1.807) is 0 Å². The normalized spacial score (nSPS) is 24.1. The first-order valence-corrected chi connectivity index (χ1v) is 7.69. The Morgan fingerprint density at radius 3 is 2.73 bits per heavy atom. The summed E-state index contributed by atoms with van der Waals surface area (Å²) in [4.78, 5) is 29.9. The Bertz CT molecular complexity index is 611. The molecule has 1 saturated heterocycles. The smallest absolute Gasteiger partial charge is 0.270 e. The summed E-state index contributed by atoms with van der Waals surface area (Å²) in [6.07, 6.45) is 3.26. The number of aromatic nitrogens is 1. The van der Waals surface area contributed by atoms with E-state index in [4.69, 9.17) is 5.73 Å². The molecule has 22 heavy (non-hydrogen) atoms. The Labute approximate surface area is 137 Å². The molecule has 1 atom stereocenters. The van der Waals surface area contributed by atoms with E-state index in [1.165, 1.54) is 0 Å². The summed E-state index contributed by atoms with van der Waals surface area (Å²) in [7, 11) is 0. The highest BCUT2D eigenvalue weighted by molar-refractivity contribution is 6.04. The van der Waals surface area contributed by atoms with E-state index in [1.807, 2.05) is 11.8 Å². The van der Waals surface area contributed by atoms with Gasteiger partial charge in [0, 0.05) is 30.8 Å². The van der Waals surface area contributed by atoms with Gasteiger partial charge in [0.2, 0.25) is 0 Å². The number of aromatic amines is 1. The summed E-state index contributed by atoms with van der Waals surface area (Å²) in [5.41, 5.74) is 8.93. The van der Waals surface area contributed by atoms with Gasteiger partial charge in [0.1, 0.15) is 5.69 Å². The molecule has 0 saturated carbocycles. The van der Waals surface area contributed by atoms with Crippen molar-refractivity contribution in [3.05, 3.63) is 22.5 Å². The number of likely N-dealkylation sites (tertiary alicyclic amines) is 1. The van der Waals surface area contributed by atoms with Gasteiger partial charge in [-0.25, -0.2) is 0 Å². The van der Waals surface area contributed by atoms with Crippen LogP contribution in [0.5, 0.6) is 0 Å². The Kier molecular flexibility index (Phi) is 4.68. The molecule has 6 heteroatoms. The number of H-pyrrole nitrogens is 1. The molecule has 1 aromatic heterocycles. The van der Waals surface area contributed by atoms with Crippen LogP contribution >= 0.6 is 12.4 Å². The molecule has 0 bridgehead atoms. The molecule has 3 N–H and O–H groups in total. The number of ketones is 1. The molecule has 1 fully saturated rings. The molecule has 0 radical (unpaired) electrons. The average molecular weight is 326 g/mol. The molecule has 0 aromatic carbocycles. The van der Waals surface area contributed by atoms with Crippen molar-refractivity contribution in [2.24, 2.45) is 11.1 Å². The highest BCUT2D eigenvalue weighted by atomic mass is 35.5. The Balaban J connectivity index is 0.00000176. The lowest BCUT2D eigenvalue weighted by atomic mass is 9.90. The Morgan fingerprint density at radius 1 is 1.41 bits per heavy atom. The van der Waals surface area contributed by atoms with Crippen molar-refractivity contribution in [3.8, 4) is 0 Å². The third-order valence-electron chi connectivity index (χ3n) is 4.99. The Hall–Kier alpha value is -1.33. The number of carbonyl (C=O) groups excluding carboxylic acids is 2.